The maximum Gasteiger partial charge on any atom is 0.225 e. The second-order valence-corrected chi connectivity index (χ2v) is 8.19. The van der Waals surface area contributed by atoms with Crippen molar-refractivity contribution in [2.45, 2.75) is 56.8 Å². The predicted molar refractivity (Wildman–Crippen MR) is 101 cm³/mol. The van der Waals surface area contributed by atoms with Gasteiger partial charge in [-0.15, -0.1) is 0 Å². The number of aromatic nitrogens is 2. The third-order valence-corrected chi connectivity index (χ3v) is 6.35. The fourth-order valence-corrected chi connectivity index (χ4v) is 4.95. The highest BCUT2D eigenvalue weighted by atomic mass is 19.2. The first-order valence-electron chi connectivity index (χ1n) is 10.1. The zero-order chi connectivity index (χ0) is 19.3. The summed E-state index contributed by atoms with van der Waals surface area (Å²) in [6, 6.07) is 4.75. The highest BCUT2D eigenvalue weighted by Crippen LogP contribution is 2.44. The normalized spacial score (nSPS) is 27.1. The molecule has 0 amide bonds. The minimum Gasteiger partial charge on any atom is -0.391 e. The molecule has 0 radical (unpaired) electrons. The Labute approximate surface area is 163 Å². The molecule has 28 heavy (non-hydrogen) atoms. The molecule has 0 aliphatic carbocycles. The van der Waals surface area contributed by atoms with Gasteiger partial charge in [-0.1, -0.05) is 6.07 Å². The van der Waals surface area contributed by atoms with Crippen molar-refractivity contribution in [1.82, 2.24) is 14.9 Å². The van der Waals surface area contributed by atoms with E-state index in [4.69, 9.17) is 4.98 Å². The molecule has 3 atom stereocenters. The van der Waals surface area contributed by atoms with Crippen molar-refractivity contribution in [3.63, 3.8) is 0 Å². The number of aliphatic hydroxyl groups is 1. The summed E-state index contributed by atoms with van der Waals surface area (Å²) in [4.78, 5) is 13.9. The summed E-state index contributed by atoms with van der Waals surface area (Å²) < 4.78 is 26.8. The third-order valence-electron chi connectivity index (χ3n) is 6.35. The molecule has 1 aromatic carbocycles. The van der Waals surface area contributed by atoms with E-state index in [-0.39, 0.29) is 12.1 Å². The first kappa shape index (κ1) is 17.9. The van der Waals surface area contributed by atoms with Gasteiger partial charge in [0.15, 0.2) is 11.6 Å². The van der Waals surface area contributed by atoms with E-state index in [0.29, 0.717) is 25.1 Å². The molecule has 2 saturated heterocycles. The highest BCUT2D eigenvalue weighted by Gasteiger charge is 2.41. The van der Waals surface area contributed by atoms with E-state index >= 15 is 0 Å². The molecule has 2 fully saturated rings. The molecule has 0 unspecified atom stereocenters. The number of benzene rings is 1. The van der Waals surface area contributed by atoms with Crippen LogP contribution in [0.15, 0.2) is 24.4 Å². The Bertz CT molecular complexity index is 893. The molecular formula is C21H24F2N4O. The van der Waals surface area contributed by atoms with E-state index in [1.807, 2.05) is 6.20 Å². The smallest absolute Gasteiger partial charge is 0.225 e. The standard InChI is InChI=1S/C21H24F2N4O/c22-17-5-3-13(8-18(17)23)11-27-14-4-6-20(27)16-10-24-21(25-19(16)9-14)26-7-1-2-15(28)12-26/h3,5,8,10,14-15,20,28H,1-2,4,6-7,9,11-12H2/t14-,15-,20-/m1/s1. The van der Waals surface area contributed by atoms with E-state index in [9.17, 15) is 13.9 Å². The molecule has 2 aromatic rings. The summed E-state index contributed by atoms with van der Waals surface area (Å²) in [6.07, 6.45) is 6.37. The highest BCUT2D eigenvalue weighted by molar-refractivity contribution is 5.38. The second-order valence-electron chi connectivity index (χ2n) is 8.19. The Hall–Kier alpha value is -2.12. The van der Waals surface area contributed by atoms with Crippen LogP contribution in [0.25, 0.3) is 0 Å². The number of β-amino-alcohol motifs (C(OH)–C–C–N with tert-alkyl or cyclic N) is 1. The monoisotopic (exact) mass is 386 g/mol. The van der Waals surface area contributed by atoms with Crippen molar-refractivity contribution in [1.29, 1.82) is 0 Å². The fourth-order valence-electron chi connectivity index (χ4n) is 4.95. The molecule has 7 heteroatoms. The van der Waals surface area contributed by atoms with E-state index in [0.717, 1.165) is 55.5 Å². The molecule has 2 bridgehead atoms. The number of fused-ring (bicyclic) bond motifs is 4. The van der Waals surface area contributed by atoms with Crippen LogP contribution in [-0.4, -0.2) is 45.2 Å². The van der Waals surface area contributed by atoms with E-state index in [1.54, 1.807) is 6.07 Å². The van der Waals surface area contributed by atoms with Crippen LogP contribution in [-0.2, 0) is 13.0 Å². The van der Waals surface area contributed by atoms with Crippen molar-refractivity contribution < 1.29 is 13.9 Å². The van der Waals surface area contributed by atoms with Gasteiger partial charge in [-0.25, -0.2) is 18.7 Å². The average Bonchev–Trinajstić information content (AvgIpc) is 2.96. The van der Waals surface area contributed by atoms with Gasteiger partial charge in [-0.05, 0) is 43.4 Å². The Kier molecular flexibility index (Phi) is 4.51. The van der Waals surface area contributed by atoms with Crippen LogP contribution < -0.4 is 4.90 Å². The molecule has 148 valence electrons. The van der Waals surface area contributed by atoms with E-state index < -0.39 is 11.6 Å². The summed E-state index contributed by atoms with van der Waals surface area (Å²) in [5.74, 6) is -0.885. The number of hydrogen-bond acceptors (Lipinski definition) is 5. The number of hydrogen-bond donors (Lipinski definition) is 1. The molecule has 5 rings (SSSR count). The first-order valence-corrected chi connectivity index (χ1v) is 10.1. The fraction of sp³-hybridized carbons (Fsp3) is 0.524. The number of halogens is 2. The zero-order valence-corrected chi connectivity index (χ0v) is 15.7. The Morgan fingerprint density at radius 3 is 2.86 bits per heavy atom. The maximum absolute atomic E-state index is 13.6. The Morgan fingerprint density at radius 2 is 2.04 bits per heavy atom. The summed E-state index contributed by atoms with van der Waals surface area (Å²) in [7, 11) is 0. The van der Waals surface area contributed by atoms with Crippen molar-refractivity contribution in [3.05, 3.63) is 52.9 Å². The van der Waals surface area contributed by atoms with Gasteiger partial charge in [0, 0.05) is 49.9 Å². The quantitative estimate of drug-likeness (QED) is 0.879. The van der Waals surface area contributed by atoms with Crippen molar-refractivity contribution in [2.24, 2.45) is 0 Å². The summed E-state index contributed by atoms with van der Waals surface area (Å²) in [6.45, 7) is 2.07. The van der Waals surface area contributed by atoms with Crippen LogP contribution in [0.1, 0.15) is 48.5 Å². The molecular weight excluding hydrogens is 362 g/mol. The van der Waals surface area contributed by atoms with Crippen molar-refractivity contribution in [2.75, 3.05) is 18.0 Å². The lowest BCUT2D eigenvalue weighted by Crippen LogP contribution is -2.41. The van der Waals surface area contributed by atoms with Gasteiger partial charge in [0.05, 0.1) is 11.8 Å². The first-order chi connectivity index (χ1) is 13.6. The average molecular weight is 386 g/mol. The largest absolute Gasteiger partial charge is 0.391 e. The zero-order valence-electron chi connectivity index (χ0n) is 15.7. The predicted octanol–water partition coefficient (Wildman–Crippen LogP) is 2.98. The molecule has 4 heterocycles. The van der Waals surface area contributed by atoms with Crippen LogP contribution in [0.4, 0.5) is 14.7 Å². The lowest BCUT2D eigenvalue weighted by atomic mass is 9.98. The molecule has 5 nitrogen and oxygen atoms in total. The van der Waals surface area contributed by atoms with Gasteiger partial charge >= 0.3 is 0 Å². The van der Waals surface area contributed by atoms with E-state index in [2.05, 4.69) is 14.8 Å². The SMILES string of the molecule is O[C@@H]1CCCN(c2ncc3c(n2)C[C@H]2CC[C@H]3N2Cc2ccc(F)c(F)c2)C1. The minimum absolute atomic E-state index is 0.225. The molecule has 1 aromatic heterocycles. The lowest BCUT2D eigenvalue weighted by molar-refractivity contribution is 0.153. The van der Waals surface area contributed by atoms with Crippen LogP contribution in [0.5, 0.6) is 0 Å². The van der Waals surface area contributed by atoms with Crippen LogP contribution >= 0.6 is 0 Å². The number of anilines is 1. The summed E-state index contributed by atoms with van der Waals surface area (Å²) in [5.41, 5.74) is 3.04. The van der Waals surface area contributed by atoms with Gasteiger partial charge in [0.2, 0.25) is 5.95 Å². The van der Waals surface area contributed by atoms with Gasteiger partial charge in [0.1, 0.15) is 0 Å². The van der Waals surface area contributed by atoms with Gasteiger partial charge in [-0.3, -0.25) is 4.90 Å². The van der Waals surface area contributed by atoms with Gasteiger partial charge in [-0.2, -0.15) is 0 Å². The van der Waals surface area contributed by atoms with Crippen LogP contribution in [0.2, 0.25) is 0 Å². The number of nitrogens with zero attached hydrogens (tertiary/aromatic N) is 4. The Morgan fingerprint density at radius 1 is 1.14 bits per heavy atom. The van der Waals surface area contributed by atoms with Gasteiger partial charge < -0.3 is 10.0 Å². The molecule has 0 spiro atoms. The van der Waals surface area contributed by atoms with Crippen molar-refractivity contribution >= 4 is 5.95 Å². The third kappa shape index (κ3) is 3.16. The van der Waals surface area contributed by atoms with Crippen molar-refractivity contribution in [3.8, 4) is 0 Å². The van der Waals surface area contributed by atoms with Gasteiger partial charge in [0.25, 0.3) is 0 Å². The minimum atomic E-state index is -0.806. The lowest BCUT2D eigenvalue weighted by Gasteiger charge is -2.36. The second kappa shape index (κ2) is 7.04. The summed E-state index contributed by atoms with van der Waals surface area (Å²) >= 11 is 0. The van der Waals surface area contributed by atoms with E-state index in [1.165, 1.54) is 12.1 Å². The Balaban J connectivity index is 1.38. The summed E-state index contributed by atoms with van der Waals surface area (Å²) in [5, 5.41) is 9.93. The maximum atomic E-state index is 13.6. The number of aliphatic hydroxyl groups excluding tert-OH is 1. The molecule has 3 aliphatic heterocycles. The molecule has 0 saturated carbocycles. The van der Waals surface area contributed by atoms with Crippen LogP contribution in [0.3, 0.4) is 0 Å². The topological polar surface area (TPSA) is 52.5 Å². The number of rotatable bonds is 3. The van der Waals surface area contributed by atoms with Crippen LogP contribution in [0, 0.1) is 11.6 Å². The molecule has 3 aliphatic rings. The molecule has 1 N–H and O–H groups in total. The number of piperidine rings is 1.